The summed E-state index contributed by atoms with van der Waals surface area (Å²) in [5, 5.41) is 0.905. The van der Waals surface area contributed by atoms with Gasteiger partial charge in [-0.1, -0.05) is 18.2 Å². The first-order chi connectivity index (χ1) is 15.9. The SMILES string of the molecule is COc1cc(/C=C2/CCc3c2nc2ccccc2c3C(=O)N(C)C(C)C)cc(OC)c1OC. The van der Waals surface area contributed by atoms with Crippen LogP contribution in [0.25, 0.3) is 22.6 Å². The number of hydrogen-bond donors (Lipinski definition) is 0. The van der Waals surface area contributed by atoms with Crippen LogP contribution in [0.5, 0.6) is 17.2 Å². The molecule has 3 aromatic rings. The first-order valence-corrected chi connectivity index (χ1v) is 11.1. The quantitative estimate of drug-likeness (QED) is 0.519. The zero-order valence-corrected chi connectivity index (χ0v) is 20.1. The first-order valence-electron chi connectivity index (χ1n) is 11.1. The Morgan fingerprint density at radius 1 is 1.03 bits per heavy atom. The lowest BCUT2D eigenvalue weighted by atomic mass is 9.99. The molecule has 1 heterocycles. The highest BCUT2D eigenvalue weighted by molar-refractivity contribution is 6.09. The molecule has 1 aromatic heterocycles. The van der Waals surface area contributed by atoms with Crippen LogP contribution in [0.2, 0.25) is 0 Å². The molecule has 4 rings (SSSR count). The number of hydrogen-bond acceptors (Lipinski definition) is 5. The maximum atomic E-state index is 13.5. The van der Waals surface area contributed by atoms with E-state index in [2.05, 4.69) is 6.08 Å². The van der Waals surface area contributed by atoms with Crippen LogP contribution < -0.4 is 14.2 Å². The standard InChI is InChI=1S/C27H30N2O4/c1-16(2)29(3)27(30)24-19-9-7-8-10-21(19)28-25-18(11-12-20(24)25)13-17-14-22(31-4)26(33-6)23(15-17)32-5/h7-10,13-16H,11-12H2,1-6H3/b18-13-. The van der Waals surface area contributed by atoms with E-state index in [0.29, 0.717) is 17.2 Å². The number of para-hydroxylation sites is 1. The molecule has 0 aliphatic heterocycles. The van der Waals surface area contributed by atoms with Crippen molar-refractivity contribution in [3.8, 4) is 17.2 Å². The molecule has 1 aliphatic rings. The van der Waals surface area contributed by atoms with Gasteiger partial charge in [-0.25, -0.2) is 4.98 Å². The minimum Gasteiger partial charge on any atom is -0.493 e. The summed E-state index contributed by atoms with van der Waals surface area (Å²) in [6, 6.07) is 11.8. The fourth-order valence-electron chi connectivity index (χ4n) is 4.32. The molecular weight excluding hydrogens is 416 g/mol. The van der Waals surface area contributed by atoms with E-state index in [-0.39, 0.29) is 11.9 Å². The molecule has 0 bridgehead atoms. The van der Waals surface area contributed by atoms with Crippen molar-refractivity contribution in [3.63, 3.8) is 0 Å². The van der Waals surface area contributed by atoms with Gasteiger partial charge in [0.05, 0.1) is 38.1 Å². The van der Waals surface area contributed by atoms with Gasteiger partial charge in [0.1, 0.15) is 0 Å². The maximum absolute atomic E-state index is 13.5. The smallest absolute Gasteiger partial charge is 0.254 e. The topological polar surface area (TPSA) is 60.9 Å². The third-order valence-electron chi connectivity index (χ3n) is 6.28. The van der Waals surface area contributed by atoms with Crippen LogP contribution in [-0.2, 0) is 6.42 Å². The molecule has 0 spiro atoms. The van der Waals surface area contributed by atoms with Crippen molar-refractivity contribution in [1.82, 2.24) is 9.88 Å². The van der Waals surface area contributed by atoms with Crippen LogP contribution in [-0.4, -0.2) is 50.2 Å². The molecular formula is C27H30N2O4. The molecule has 1 amide bonds. The van der Waals surface area contributed by atoms with Crippen molar-refractivity contribution in [2.45, 2.75) is 32.7 Å². The van der Waals surface area contributed by atoms with Gasteiger partial charge in [-0.15, -0.1) is 0 Å². The van der Waals surface area contributed by atoms with Crippen molar-refractivity contribution in [2.24, 2.45) is 0 Å². The largest absolute Gasteiger partial charge is 0.493 e. The summed E-state index contributed by atoms with van der Waals surface area (Å²) in [6.07, 6.45) is 3.68. The van der Waals surface area contributed by atoms with E-state index in [1.807, 2.05) is 57.3 Å². The molecule has 0 atom stereocenters. The summed E-state index contributed by atoms with van der Waals surface area (Å²) < 4.78 is 16.5. The number of amides is 1. The van der Waals surface area contributed by atoms with E-state index in [1.165, 1.54) is 0 Å². The molecule has 172 valence electrons. The van der Waals surface area contributed by atoms with Crippen molar-refractivity contribution in [2.75, 3.05) is 28.4 Å². The number of carbonyl (C=O) groups is 1. The summed E-state index contributed by atoms with van der Waals surface area (Å²) in [5.41, 5.74) is 5.52. The van der Waals surface area contributed by atoms with Gasteiger partial charge in [0.25, 0.3) is 5.91 Å². The Hall–Kier alpha value is -3.54. The Kier molecular flexibility index (Phi) is 6.27. The van der Waals surface area contributed by atoms with E-state index >= 15 is 0 Å². The van der Waals surface area contributed by atoms with Gasteiger partial charge >= 0.3 is 0 Å². The van der Waals surface area contributed by atoms with Gasteiger partial charge < -0.3 is 19.1 Å². The third-order valence-corrected chi connectivity index (χ3v) is 6.28. The van der Waals surface area contributed by atoms with Crippen molar-refractivity contribution in [3.05, 3.63) is 58.8 Å². The van der Waals surface area contributed by atoms with Gasteiger partial charge in [0.15, 0.2) is 11.5 Å². The summed E-state index contributed by atoms with van der Waals surface area (Å²) in [6.45, 7) is 4.05. The Morgan fingerprint density at radius 2 is 1.70 bits per heavy atom. The molecule has 0 saturated carbocycles. The van der Waals surface area contributed by atoms with Crippen LogP contribution in [0.1, 0.15) is 47.4 Å². The van der Waals surface area contributed by atoms with Crippen LogP contribution in [0.3, 0.4) is 0 Å². The number of nitrogens with zero attached hydrogens (tertiary/aromatic N) is 2. The summed E-state index contributed by atoms with van der Waals surface area (Å²) in [4.78, 5) is 20.3. The highest BCUT2D eigenvalue weighted by Gasteiger charge is 2.29. The predicted molar refractivity (Wildman–Crippen MR) is 131 cm³/mol. The average molecular weight is 447 g/mol. The lowest BCUT2D eigenvalue weighted by molar-refractivity contribution is 0.0756. The Balaban J connectivity index is 1.89. The average Bonchev–Trinajstić information content (AvgIpc) is 3.22. The molecule has 0 saturated heterocycles. The predicted octanol–water partition coefficient (Wildman–Crippen LogP) is 5.23. The maximum Gasteiger partial charge on any atom is 0.254 e. The molecule has 0 unspecified atom stereocenters. The normalized spacial score (nSPS) is 14.0. The molecule has 0 fully saturated rings. The molecule has 0 N–H and O–H groups in total. The van der Waals surface area contributed by atoms with Crippen LogP contribution in [0.15, 0.2) is 36.4 Å². The number of pyridine rings is 1. The van der Waals surface area contributed by atoms with Crippen molar-refractivity contribution < 1.29 is 19.0 Å². The van der Waals surface area contributed by atoms with Crippen LogP contribution in [0, 0.1) is 0 Å². The van der Waals surface area contributed by atoms with Crippen LogP contribution >= 0.6 is 0 Å². The zero-order valence-electron chi connectivity index (χ0n) is 20.1. The Morgan fingerprint density at radius 3 is 2.30 bits per heavy atom. The molecule has 33 heavy (non-hydrogen) atoms. The van der Waals surface area contributed by atoms with Crippen molar-refractivity contribution >= 4 is 28.5 Å². The van der Waals surface area contributed by atoms with E-state index < -0.39 is 0 Å². The molecule has 6 nitrogen and oxygen atoms in total. The Bertz CT molecular complexity index is 1220. The second-order valence-corrected chi connectivity index (χ2v) is 8.47. The summed E-state index contributed by atoms with van der Waals surface area (Å²) in [7, 11) is 6.66. The summed E-state index contributed by atoms with van der Waals surface area (Å²) in [5.74, 6) is 1.79. The lowest BCUT2D eigenvalue weighted by Crippen LogP contribution is -2.33. The highest BCUT2D eigenvalue weighted by atomic mass is 16.5. The lowest BCUT2D eigenvalue weighted by Gasteiger charge is -2.23. The van der Waals surface area contributed by atoms with Gasteiger partial charge in [-0.3, -0.25) is 4.79 Å². The fraction of sp³-hybridized carbons (Fsp3) is 0.333. The second kappa shape index (κ2) is 9.14. The number of aromatic nitrogens is 1. The van der Waals surface area contributed by atoms with Gasteiger partial charge in [0.2, 0.25) is 5.75 Å². The molecule has 6 heteroatoms. The van der Waals surface area contributed by atoms with E-state index in [0.717, 1.165) is 51.7 Å². The van der Waals surface area contributed by atoms with E-state index in [4.69, 9.17) is 19.2 Å². The first kappa shape index (κ1) is 22.6. The van der Waals surface area contributed by atoms with Gasteiger partial charge in [-0.05, 0) is 67.7 Å². The van der Waals surface area contributed by atoms with E-state index in [9.17, 15) is 4.79 Å². The third kappa shape index (κ3) is 4.01. The number of methoxy groups -OCH3 is 3. The molecule has 1 aliphatic carbocycles. The second-order valence-electron chi connectivity index (χ2n) is 8.47. The number of allylic oxidation sites excluding steroid dienone is 1. The fourth-order valence-corrected chi connectivity index (χ4v) is 4.32. The molecule has 2 aromatic carbocycles. The van der Waals surface area contributed by atoms with Crippen LogP contribution in [0.4, 0.5) is 0 Å². The number of rotatable bonds is 6. The van der Waals surface area contributed by atoms with E-state index in [1.54, 1.807) is 26.2 Å². The zero-order chi connectivity index (χ0) is 23.7. The highest BCUT2D eigenvalue weighted by Crippen LogP contribution is 2.41. The van der Waals surface area contributed by atoms with Gasteiger partial charge in [0, 0.05) is 18.5 Å². The minimum absolute atomic E-state index is 0.0360. The number of carbonyl (C=O) groups excluding carboxylic acids is 1. The van der Waals surface area contributed by atoms with Crippen molar-refractivity contribution in [1.29, 1.82) is 0 Å². The number of fused-ring (bicyclic) bond motifs is 2. The minimum atomic E-state index is 0.0360. The Labute approximate surface area is 194 Å². The monoisotopic (exact) mass is 446 g/mol. The van der Waals surface area contributed by atoms with Gasteiger partial charge in [-0.2, -0.15) is 0 Å². The number of ether oxygens (including phenoxy) is 3. The number of benzene rings is 2. The molecule has 0 radical (unpaired) electrons. The summed E-state index contributed by atoms with van der Waals surface area (Å²) >= 11 is 0.